The number of methoxy groups -OCH3 is 1. The average Bonchev–Trinajstić information content (AvgIpc) is 3.21. The Kier molecular flexibility index (Phi) is 6.44. The molecule has 0 saturated heterocycles. The van der Waals surface area contributed by atoms with Crippen LogP contribution in [-0.4, -0.2) is 54.6 Å². The highest BCUT2D eigenvalue weighted by Crippen LogP contribution is 2.37. The lowest BCUT2D eigenvalue weighted by atomic mass is 10.1. The van der Waals surface area contributed by atoms with E-state index in [0.29, 0.717) is 19.0 Å². The van der Waals surface area contributed by atoms with Crippen LogP contribution in [0.5, 0.6) is 5.75 Å². The predicted molar refractivity (Wildman–Crippen MR) is 110 cm³/mol. The van der Waals surface area contributed by atoms with Crippen LogP contribution in [0.1, 0.15) is 26.5 Å². The Morgan fingerprint density at radius 1 is 1.06 bits per heavy atom. The highest BCUT2D eigenvalue weighted by Gasteiger charge is 2.31. The minimum Gasteiger partial charge on any atom is -0.465 e. The molecule has 1 aromatic heterocycles. The Bertz CT molecular complexity index is 1280. The third-order valence-electron chi connectivity index (χ3n) is 4.73. The number of nitrogens with two attached hydrogens (primary N) is 2. The number of nitrogens with zero attached hydrogens (tertiary/aromatic N) is 2. The number of rotatable bonds is 6. The van der Waals surface area contributed by atoms with Gasteiger partial charge in [0.15, 0.2) is 23.2 Å². The minimum absolute atomic E-state index is 0.237. The molecular formula is C20H19F4N5O4. The van der Waals surface area contributed by atoms with Gasteiger partial charge in [0, 0.05) is 13.0 Å². The van der Waals surface area contributed by atoms with Crippen molar-refractivity contribution in [3.8, 4) is 5.75 Å². The van der Waals surface area contributed by atoms with Crippen LogP contribution in [0.4, 0.5) is 28.9 Å². The van der Waals surface area contributed by atoms with Gasteiger partial charge < -0.3 is 30.8 Å². The van der Waals surface area contributed by atoms with Gasteiger partial charge in [0.2, 0.25) is 5.82 Å². The number of hydrogen-bond donors (Lipinski definition) is 3. The Labute approximate surface area is 184 Å². The number of ether oxygens (including phenoxy) is 2. The molecule has 0 atom stereocenters. The fourth-order valence-electron chi connectivity index (χ4n) is 3.01. The third-order valence-corrected chi connectivity index (χ3v) is 4.73. The van der Waals surface area contributed by atoms with Crippen LogP contribution < -0.4 is 16.2 Å². The fourth-order valence-corrected chi connectivity index (χ4v) is 3.01. The van der Waals surface area contributed by atoms with Gasteiger partial charge in [-0.15, -0.1) is 0 Å². The summed E-state index contributed by atoms with van der Waals surface area (Å²) >= 11 is 0. The van der Waals surface area contributed by atoms with E-state index in [0.717, 1.165) is 7.11 Å². The molecule has 0 radical (unpaired) electrons. The van der Waals surface area contributed by atoms with Crippen LogP contribution in [-0.2, 0) is 11.2 Å². The van der Waals surface area contributed by atoms with Gasteiger partial charge in [-0.3, -0.25) is 0 Å². The van der Waals surface area contributed by atoms with E-state index in [-0.39, 0.29) is 11.3 Å². The molecule has 0 aliphatic heterocycles. The monoisotopic (exact) mass is 469 g/mol. The van der Waals surface area contributed by atoms with Gasteiger partial charge in [-0.1, -0.05) is 0 Å². The van der Waals surface area contributed by atoms with E-state index in [1.165, 1.54) is 0 Å². The molecule has 0 saturated carbocycles. The van der Waals surface area contributed by atoms with E-state index < -0.39 is 69.0 Å². The second-order valence-corrected chi connectivity index (χ2v) is 7.22. The topological polar surface area (TPSA) is 137 Å². The predicted octanol–water partition coefficient (Wildman–Crippen LogP) is 2.39. The number of H-pyrrole nitrogens is 1. The maximum Gasteiger partial charge on any atom is 0.345 e. The number of nitrogens with one attached hydrogen (secondary N) is 1. The normalized spacial score (nSPS) is 11.3. The Balaban J connectivity index is 2.13. The maximum atomic E-state index is 14.6. The molecule has 2 aromatic carbocycles. The Morgan fingerprint density at radius 2 is 1.73 bits per heavy atom. The van der Waals surface area contributed by atoms with E-state index in [1.807, 2.05) is 4.90 Å². The van der Waals surface area contributed by atoms with Crippen LogP contribution in [0.2, 0.25) is 0 Å². The van der Waals surface area contributed by atoms with Crippen LogP contribution in [0.15, 0.2) is 6.07 Å². The standard InChI is InChI=1S/C20H19F4N5O4/c1-29(2)5-4-9-27-16-7(6-8(21)11(22)17(16)28-9)19(30)33-18-10(20(31)32-3)14(25)15(26)12(23)13(18)24/h6H,4-5,25-26H2,1-3H3,(H,27,28). The van der Waals surface area contributed by atoms with E-state index in [9.17, 15) is 27.2 Å². The fraction of sp³-hybridized carbons (Fsp3) is 0.250. The van der Waals surface area contributed by atoms with Crippen molar-refractivity contribution in [2.45, 2.75) is 6.42 Å². The number of likely N-dealkylation sites (N-methyl/N-ethyl adjacent to an activating group) is 1. The summed E-state index contributed by atoms with van der Waals surface area (Å²) in [7, 11) is 4.50. The average molecular weight is 469 g/mol. The van der Waals surface area contributed by atoms with Gasteiger partial charge in [0.05, 0.1) is 29.6 Å². The second kappa shape index (κ2) is 8.94. The molecule has 0 amide bonds. The van der Waals surface area contributed by atoms with Crippen molar-refractivity contribution in [3.63, 3.8) is 0 Å². The highest BCUT2D eigenvalue weighted by molar-refractivity contribution is 6.06. The zero-order chi connectivity index (χ0) is 24.6. The van der Waals surface area contributed by atoms with Crippen molar-refractivity contribution < 1.29 is 36.6 Å². The van der Waals surface area contributed by atoms with Crippen molar-refractivity contribution >= 4 is 34.3 Å². The summed E-state index contributed by atoms with van der Waals surface area (Å²) < 4.78 is 66.5. The number of imidazole rings is 1. The zero-order valence-electron chi connectivity index (χ0n) is 17.7. The van der Waals surface area contributed by atoms with Crippen LogP contribution in [0.3, 0.4) is 0 Å². The van der Waals surface area contributed by atoms with Gasteiger partial charge in [-0.05, 0) is 20.2 Å². The third kappa shape index (κ3) is 4.26. The number of aromatic nitrogens is 2. The lowest BCUT2D eigenvalue weighted by Crippen LogP contribution is -2.18. The molecule has 5 N–H and O–H groups in total. The van der Waals surface area contributed by atoms with Crippen molar-refractivity contribution in [2.75, 3.05) is 39.2 Å². The first-order chi connectivity index (χ1) is 15.5. The molecule has 0 unspecified atom stereocenters. The van der Waals surface area contributed by atoms with Gasteiger partial charge in [-0.2, -0.15) is 4.39 Å². The van der Waals surface area contributed by atoms with E-state index in [4.69, 9.17) is 16.2 Å². The zero-order valence-corrected chi connectivity index (χ0v) is 17.7. The summed E-state index contributed by atoms with van der Waals surface area (Å²) in [6.07, 6.45) is 0.304. The quantitative estimate of drug-likeness (QED) is 0.217. The smallest absolute Gasteiger partial charge is 0.345 e. The number of esters is 2. The van der Waals surface area contributed by atoms with E-state index in [2.05, 4.69) is 14.7 Å². The lowest BCUT2D eigenvalue weighted by molar-refractivity contribution is 0.0592. The number of carbonyl (C=O) groups is 2. The molecule has 0 aliphatic rings. The van der Waals surface area contributed by atoms with Gasteiger partial charge in [0.25, 0.3) is 0 Å². The first kappa shape index (κ1) is 23.8. The number of aromatic amines is 1. The Hall–Kier alpha value is -3.87. The lowest BCUT2D eigenvalue weighted by Gasteiger charge is -2.15. The molecule has 0 bridgehead atoms. The molecule has 33 heavy (non-hydrogen) atoms. The number of anilines is 2. The Morgan fingerprint density at radius 3 is 2.33 bits per heavy atom. The number of nitrogen functional groups attached to an aromatic ring is 2. The number of fused-ring (bicyclic) bond motifs is 1. The summed E-state index contributed by atoms with van der Waals surface area (Å²) in [6, 6.07) is 0.501. The van der Waals surface area contributed by atoms with Crippen molar-refractivity contribution in [3.05, 3.63) is 46.3 Å². The molecule has 1 heterocycles. The number of benzene rings is 2. The summed E-state index contributed by atoms with van der Waals surface area (Å²) in [5.41, 5.74) is 7.14. The molecule has 3 rings (SSSR count). The van der Waals surface area contributed by atoms with Gasteiger partial charge >= 0.3 is 11.9 Å². The molecule has 9 nitrogen and oxygen atoms in total. The second-order valence-electron chi connectivity index (χ2n) is 7.22. The van der Waals surface area contributed by atoms with Crippen molar-refractivity contribution in [1.82, 2.24) is 14.9 Å². The first-order valence-corrected chi connectivity index (χ1v) is 9.35. The van der Waals surface area contributed by atoms with Crippen LogP contribution in [0, 0.1) is 23.3 Å². The van der Waals surface area contributed by atoms with Crippen molar-refractivity contribution in [2.24, 2.45) is 0 Å². The largest absolute Gasteiger partial charge is 0.465 e. The molecule has 3 aromatic rings. The SMILES string of the molecule is COC(=O)c1c(N)c(N)c(F)c(F)c1OC(=O)c1cc(F)c(F)c2nc(CCN(C)C)[nH]c12. The molecule has 0 fully saturated rings. The first-order valence-electron chi connectivity index (χ1n) is 9.35. The highest BCUT2D eigenvalue weighted by atomic mass is 19.2. The van der Waals surface area contributed by atoms with Crippen LogP contribution >= 0.6 is 0 Å². The molecule has 0 aliphatic carbocycles. The van der Waals surface area contributed by atoms with E-state index in [1.54, 1.807) is 14.1 Å². The number of carbonyl (C=O) groups excluding carboxylic acids is 2. The molecule has 0 spiro atoms. The summed E-state index contributed by atoms with van der Waals surface area (Å²) in [5, 5.41) is 0. The van der Waals surface area contributed by atoms with Gasteiger partial charge in [0.1, 0.15) is 16.9 Å². The van der Waals surface area contributed by atoms with Crippen LogP contribution in [0.25, 0.3) is 11.0 Å². The summed E-state index contributed by atoms with van der Waals surface area (Å²) in [4.78, 5) is 33.3. The molecule has 13 heteroatoms. The van der Waals surface area contributed by atoms with Gasteiger partial charge in [-0.25, -0.2) is 27.7 Å². The van der Waals surface area contributed by atoms with Crippen molar-refractivity contribution in [1.29, 1.82) is 0 Å². The summed E-state index contributed by atoms with van der Waals surface area (Å²) in [6.45, 7) is 0.501. The number of hydrogen-bond acceptors (Lipinski definition) is 8. The minimum atomic E-state index is -1.80. The molecular weight excluding hydrogens is 450 g/mol. The number of halogens is 4. The molecule has 176 valence electrons. The van der Waals surface area contributed by atoms with E-state index >= 15 is 0 Å². The maximum absolute atomic E-state index is 14.6. The summed E-state index contributed by atoms with van der Waals surface area (Å²) in [5.74, 6) is -9.94.